The maximum atomic E-state index is 4.09. The molecule has 0 aromatic rings. The molecule has 0 amide bonds. The summed E-state index contributed by atoms with van der Waals surface area (Å²) < 4.78 is 16.4. The second kappa shape index (κ2) is 5.09. The van der Waals surface area contributed by atoms with Crippen LogP contribution in [0.1, 0.15) is 0 Å². The van der Waals surface area contributed by atoms with Crippen LogP contribution in [0.5, 0.6) is 0 Å². The third kappa shape index (κ3) is 3.33. The molecule has 0 radical (unpaired) electrons. The van der Waals surface area contributed by atoms with Gasteiger partial charge in [0, 0.05) is 0 Å². The number of hydrogen-bond acceptors (Lipinski definition) is 4. The van der Waals surface area contributed by atoms with E-state index in [0.717, 1.165) is 0 Å². The summed E-state index contributed by atoms with van der Waals surface area (Å²) >= 11 is 0.625. The van der Waals surface area contributed by atoms with E-state index in [1.165, 1.54) is 0 Å². The number of rotatable bonds is 0. The Kier molecular flexibility index (Phi) is 4.70. The van der Waals surface area contributed by atoms with E-state index in [1.807, 2.05) is 0 Å². The van der Waals surface area contributed by atoms with E-state index in [-0.39, 0.29) is 59.9 Å². The monoisotopic (exact) mass is 376 g/mol. The van der Waals surface area contributed by atoms with Gasteiger partial charge in [0.25, 0.3) is 0 Å². The van der Waals surface area contributed by atoms with Crippen molar-refractivity contribution in [2.75, 3.05) is 0 Å². The second-order valence-electron chi connectivity index (χ2n) is 0.625. The summed E-state index contributed by atoms with van der Waals surface area (Å²) in [6.45, 7) is 0. The summed E-state index contributed by atoms with van der Waals surface area (Å²) in [5.74, 6) is 0. The zero-order chi connectivity index (χ0) is 5.66. The van der Waals surface area contributed by atoms with Crippen molar-refractivity contribution in [2.45, 2.75) is 0 Å². The van der Waals surface area contributed by atoms with Gasteiger partial charge in [-0.2, -0.15) is 0 Å². The molecular weight excluding hydrogens is 372 g/mol. The molecule has 0 fully saturated rings. The molecule has 0 unspecified atom stereocenters. The fourth-order valence-electron chi connectivity index (χ4n) is 0.114. The van der Waals surface area contributed by atoms with Crippen molar-refractivity contribution in [3.8, 4) is 0 Å². The van der Waals surface area contributed by atoms with Gasteiger partial charge in [-0.05, 0) is 0 Å². The Morgan fingerprint density at radius 3 is 1.38 bits per heavy atom. The number of hydrogen-bond donors (Lipinski definition) is 0. The van der Waals surface area contributed by atoms with E-state index in [0.29, 0.717) is 0 Å². The summed E-state index contributed by atoms with van der Waals surface area (Å²) in [5, 5.41) is 0. The molecular formula is N4Se4. The summed E-state index contributed by atoms with van der Waals surface area (Å²) in [6, 6.07) is 0. The summed E-state index contributed by atoms with van der Waals surface area (Å²) in [5.41, 5.74) is 0. The first-order valence-electron chi connectivity index (χ1n) is 1.46. The van der Waals surface area contributed by atoms with Crippen LogP contribution in [0, 0.1) is 0 Å². The molecule has 1 heterocycles. The van der Waals surface area contributed by atoms with Crippen molar-refractivity contribution in [2.24, 2.45) is 11.9 Å². The Labute approximate surface area is 71.3 Å². The van der Waals surface area contributed by atoms with Crippen molar-refractivity contribution < 1.29 is 0 Å². The quantitative estimate of drug-likeness (QED) is 0.501. The van der Waals surface area contributed by atoms with E-state index >= 15 is 0 Å². The van der Waals surface area contributed by atoms with Crippen molar-refractivity contribution >= 4 is 59.9 Å². The molecule has 0 atom stereocenters. The third-order valence-corrected chi connectivity index (χ3v) is 7.20. The summed E-state index contributed by atoms with van der Waals surface area (Å²) in [4.78, 5) is 0. The van der Waals surface area contributed by atoms with Crippen LogP contribution in [-0.4, -0.2) is 59.9 Å². The first-order chi connectivity index (χ1) is 4.00. The van der Waals surface area contributed by atoms with Gasteiger partial charge in [0.1, 0.15) is 0 Å². The number of nitrogens with zero attached hydrogens (tertiary/aromatic N) is 4. The zero-order valence-corrected chi connectivity index (χ0v) is 10.3. The molecule has 0 N–H and O–H groups in total. The topological polar surface area (TPSA) is 49.4 Å². The first-order valence-corrected chi connectivity index (χ1v) is 7.59. The Hall–Kier alpha value is 1.28. The van der Waals surface area contributed by atoms with Gasteiger partial charge in [0.15, 0.2) is 0 Å². The van der Waals surface area contributed by atoms with Crippen LogP contribution < -0.4 is 0 Å². The van der Waals surface area contributed by atoms with Gasteiger partial charge in [0.2, 0.25) is 0 Å². The molecule has 44 valence electrons. The zero-order valence-electron chi connectivity index (χ0n) is 3.42. The van der Waals surface area contributed by atoms with Crippen LogP contribution in [0.2, 0.25) is 0 Å². The van der Waals surface area contributed by atoms with Crippen LogP contribution in [0.3, 0.4) is 0 Å². The van der Waals surface area contributed by atoms with Crippen molar-refractivity contribution in [3.05, 3.63) is 0 Å². The van der Waals surface area contributed by atoms with Crippen LogP contribution in [0.15, 0.2) is 11.9 Å². The second-order valence-corrected chi connectivity index (χ2v) is 9.75. The van der Waals surface area contributed by atoms with E-state index in [2.05, 4.69) is 11.9 Å². The molecule has 0 saturated heterocycles. The van der Waals surface area contributed by atoms with Crippen molar-refractivity contribution in [1.82, 2.24) is 0 Å². The van der Waals surface area contributed by atoms with E-state index < -0.39 is 0 Å². The normalized spacial score (nSPS) is 18.0. The van der Waals surface area contributed by atoms with Crippen LogP contribution in [-0.2, 0) is 0 Å². The predicted octanol–water partition coefficient (Wildman–Crippen LogP) is -0.789. The minimum absolute atomic E-state index is 0.156. The SMILES string of the molecule is N1=[Se]=N[Se]N=[Se]=N[Se]1. The molecule has 1 rings (SSSR count). The average Bonchev–Trinajstić information content (AvgIpc) is 1.62. The Morgan fingerprint density at radius 2 is 1.00 bits per heavy atom. The molecule has 0 aromatic carbocycles. The van der Waals surface area contributed by atoms with Crippen molar-refractivity contribution in [3.63, 3.8) is 0 Å². The van der Waals surface area contributed by atoms with Gasteiger partial charge < -0.3 is 0 Å². The van der Waals surface area contributed by atoms with Gasteiger partial charge in [0.05, 0.1) is 0 Å². The Balaban J connectivity index is 2.67. The van der Waals surface area contributed by atoms with Gasteiger partial charge in [-0.3, -0.25) is 0 Å². The molecule has 4 nitrogen and oxygen atoms in total. The molecule has 1 aliphatic heterocycles. The van der Waals surface area contributed by atoms with Crippen LogP contribution in [0.25, 0.3) is 0 Å². The minimum atomic E-state index is 0.156. The fraction of sp³-hybridized carbons (Fsp3) is 0. The standard InChI is InChI=1S/N4Se4/c1-5-2-7-4-8-3-6-1. The molecule has 8 heteroatoms. The average molecular weight is 372 g/mol. The van der Waals surface area contributed by atoms with Gasteiger partial charge in [-0.15, -0.1) is 0 Å². The molecule has 0 bridgehead atoms. The van der Waals surface area contributed by atoms with Crippen LogP contribution >= 0.6 is 0 Å². The van der Waals surface area contributed by atoms with E-state index in [9.17, 15) is 0 Å². The molecule has 0 spiro atoms. The molecule has 0 aliphatic carbocycles. The third-order valence-electron chi connectivity index (χ3n) is 0.267. The Bertz CT molecular complexity index is 146. The predicted molar refractivity (Wildman–Crippen MR) is 32.7 cm³/mol. The molecule has 0 aromatic heterocycles. The first kappa shape index (κ1) is 7.39. The van der Waals surface area contributed by atoms with E-state index in [4.69, 9.17) is 0 Å². The van der Waals surface area contributed by atoms with Crippen LogP contribution in [0.4, 0.5) is 0 Å². The van der Waals surface area contributed by atoms with Crippen molar-refractivity contribution in [1.29, 1.82) is 0 Å². The Morgan fingerprint density at radius 1 is 0.625 bits per heavy atom. The molecule has 8 heavy (non-hydrogen) atoms. The van der Waals surface area contributed by atoms with Gasteiger partial charge >= 0.3 is 71.8 Å². The summed E-state index contributed by atoms with van der Waals surface area (Å²) in [7, 11) is 0. The van der Waals surface area contributed by atoms with Gasteiger partial charge in [-0.1, -0.05) is 0 Å². The maximum absolute atomic E-state index is 4.09. The van der Waals surface area contributed by atoms with E-state index in [1.54, 1.807) is 0 Å². The molecule has 1 aliphatic rings. The summed E-state index contributed by atoms with van der Waals surface area (Å²) in [6.07, 6.45) is 0. The fourth-order valence-corrected chi connectivity index (χ4v) is 9.25. The molecule has 0 saturated carbocycles. The van der Waals surface area contributed by atoms with Gasteiger partial charge in [-0.25, -0.2) is 0 Å².